The molecular weight excluding hydrogens is 642 g/mol. The number of alkyl halides is 1. The van der Waals surface area contributed by atoms with Gasteiger partial charge in [-0.25, -0.2) is 9.37 Å². The van der Waals surface area contributed by atoms with Crippen molar-refractivity contribution in [3.05, 3.63) is 82.7 Å². The zero-order valence-corrected chi connectivity index (χ0v) is 29.7. The normalized spacial score (nSPS) is 26.3. The van der Waals surface area contributed by atoms with E-state index < -0.39 is 6.17 Å². The maximum absolute atomic E-state index is 14.7. The van der Waals surface area contributed by atoms with Crippen LogP contribution < -0.4 is 9.64 Å². The van der Waals surface area contributed by atoms with Gasteiger partial charge in [-0.1, -0.05) is 36.4 Å². The molecule has 10 nitrogen and oxygen atoms in total. The highest BCUT2D eigenvalue weighted by Gasteiger charge is 2.50. The maximum atomic E-state index is 14.7. The Bertz CT molecular complexity index is 2140. The molecule has 1 spiro atoms. The number of para-hydroxylation sites is 2. The second kappa shape index (κ2) is 11.8. The molecule has 0 saturated carbocycles. The number of imidazole rings is 1. The predicted octanol–water partition coefficient (Wildman–Crippen LogP) is 5.81. The fourth-order valence-corrected chi connectivity index (χ4v) is 10.2. The van der Waals surface area contributed by atoms with Crippen LogP contribution in [0.5, 0.6) is 6.01 Å². The molecule has 5 aromatic rings. The van der Waals surface area contributed by atoms with E-state index in [0.717, 1.165) is 111 Å². The van der Waals surface area contributed by atoms with Gasteiger partial charge < -0.3 is 14.2 Å². The topological polar surface area (TPSA) is 80.4 Å². The molecule has 1 unspecified atom stereocenters. The van der Waals surface area contributed by atoms with Crippen LogP contribution in [0.25, 0.3) is 22.6 Å². The minimum absolute atomic E-state index is 0.115. The van der Waals surface area contributed by atoms with Gasteiger partial charge in [0.1, 0.15) is 24.3 Å². The van der Waals surface area contributed by atoms with E-state index in [9.17, 15) is 4.39 Å². The van der Waals surface area contributed by atoms with Crippen molar-refractivity contribution in [1.29, 1.82) is 0 Å². The smallest absolute Gasteiger partial charge is 0.318 e. The van der Waals surface area contributed by atoms with Crippen molar-refractivity contribution in [3.8, 4) is 17.5 Å². The van der Waals surface area contributed by atoms with Gasteiger partial charge >= 0.3 is 6.01 Å². The van der Waals surface area contributed by atoms with Gasteiger partial charge in [0.15, 0.2) is 5.82 Å². The van der Waals surface area contributed by atoms with Crippen LogP contribution in [0.1, 0.15) is 66.6 Å². The first-order valence-electron chi connectivity index (χ1n) is 18.8. The van der Waals surface area contributed by atoms with Crippen molar-refractivity contribution in [2.45, 2.75) is 88.3 Å². The lowest BCUT2D eigenvalue weighted by Gasteiger charge is -2.49. The molecule has 0 N–H and O–H groups in total. The Morgan fingerprint density at radius 2 is 1.80 bits per heavy atom. The molecule has 2 fully saturated rings. The Labute approximate surface area is 298 Å². The fourth-order valence-electron chi connectivity index (χ4n) is 10.2. The monoisotopic (exact) mass is 687 g/mol. The molecule has 4 aliphatic heterocycles. The summed E-state index contributed by atoms with van der Waals surface area (Å²) in [5, 5.41) is 5.08. The van der Waals surface area contributed by atoms with Crippen LogP contribution in [-0.2, 0) is 45.1 Å². The number of likely N-dealkylation sites (N-methyl/N-ethyl adjacent to an activating group) is 1. The number of rotatable bonds is 5. The first kappa shape index (κ1) is 31.4. The van der Waals surface area contributed by atoms with Gasteiger partial charge in [-0.3, -0.25) is 14.5 Å². The molecule has 10 rings (SSSR count). The molecule has 51 heavy (non-hydrogen) atoms. The van der Waals surface area contributed by atoms with Gasteiger partial charge in [-0.15, -0.1) is 0 Å². The van der Waals surface area contributed by atoms with Gasteiger partial charge in [-0.05, 0) is 81.4 Å². The highest BCUT2D eigenvalue weighted by atomic mass is 19.1. The van der Waals surface area contributed by atoms with E-state index in [1.807, 2.05) is 6.07 Å². The molecule has 11 heteroatoms. The van der Waals surface area contributed by atoms with Gasteiger partial charge in [0.2, 0.25) is 0 Å². The Hall–Kier alpha value is -4.35. The van der Waals surface area contributed by atoms with Crippen molar-refractivity contribution in [2.24, 2.45) is 7.05 Å². The summed E-state index contributed by atoms with van der Waals surface area (Å²) in [6.07, 6.45) is 6.89. The van der Waals surface area contributed by atoms with Crippen molar-refractivity contribution in [2.75, 3.05) is 38.2 Å². The molecule has 0 bridgehead atoms. The van der Waals surface area contributed by atoms with Crippen LogP contribution in [0.3, 0.4) is 0 Å². The molecule has 5 aliphatic rings. The average Bonchev–Trinajstić information content (AvgIpc) is 3.85. The third kappa shape index (κ3) is 5.02. The van der Waals surface area contributed by atoms with Crippen LogP contribution in [0.2, 0.25) is 0 Å². The van der Waals surface area contributed by atoms with E-state index >= 15 is 0 Å². The molecule has 264 valence electrons. The number of halogens is 1. The summed E-state index contributed by atoms with van der Waals surface area (Å²) in [5.74, 6) is 1.83. The number of aromatic nitrogens is 6. The minimum atomic E-state index is -0.799. The SMILES string of the molecule is CN1Cc2c(nc(OCC34CCCN3C[C@H](F)C4)nc2N2CCCn3nc(-c4nc5ccccc5n4C)cc3C2)C[C@]12CCCc1ccccc12. The number of benzene rings is 2. The number of nitrogens with zero attached hydrogens (tertiary/aromatic N) is 9. The number of fused-ring (bicyclic) bond motifs is 6. The summed E-state index contributed by atoms with van der Waals surface area (Å²) < 4.78 is 25.6. The standard InChI is InChI=1S/C40H46FN9O/c1-46-25-30-34(22-40(46)16-7-11-27-10-3-4-12-31(27)40)43-38(51-26-39-15-8-18-49(39)23-28(41)21-39)44-36(30)48-17-9-19-50-29(24-48)20-33(45-50)37-42-32-13-5-6-14-35(32)47(37)2/h3-6,10,12-14,20,28H,7-9,11,15-19,21-26H2,1-2H3/t28-,39?,40+/m1/s1. The van der Waals surface area contributed by atoms with Gasteiger partial charge in [0.05, 0.1) is 40.0 Å². The van der Waals surface area contributed by atoms with E-state index in [4.69, 9.17) is 24.8 Å². The summed E-state index contributed by atoms with van der Waals surface area (Å²) in [6.45, 7) is 4.99. The summed E-state index contributed by atoms with van der Waals surface area (Å²) >= 11 is 0. The van der Waals surface area contributed by atoms with E-state index in [-0.39, 0.29) is 11.1 Å². The number of anilines is 1. The van der Waals surface area contributed by atoms with Crippen molar-refractivity contribution in [3.63, 3.8) is 0 Å². The molecule has 0 amide bonds. The van der Waals surface area contributed by atoms with E-state index in [2.05, 4.69) is 86.6 Å². The lowest BCUT2D eigenvalue weighted by atomic mass is 9.71. The maximum Gasteiger partial charge on any atom is 0.318 e. The molecular formula is C40H46FN9O. The highest BCUT2D eigenvalue weighted by Crippen LogP contribution is 2.47. The van der Waals surface area contributed by atoms with Crippen LogP contribution in [-0.4, -0.2) is 84.1 Å². The zero-order chi connectivity index (χ0) is 34.3. The van der Waals surface area contributed by atoms with Crippen LogP contribution in [0.4, 0.5) is 10.2 Å². The Kier molecular flexibility index (Phi) is 7.29. The van der Waals surface area contributed by atoms with Gasteiger partial charge in [0, 0.05) is 51.6 Å². The first-order chi connectivity index (χ1) is 24.9. The Morgan fingerprint density at radius 3 is 2.73 bits per heavy atom. The quantitative estimate of drug-likeness (QED) is 0.229. The third-order valence-electron chi connectivity index (χ3n) is 12.8. The largest absolute Gasteiger partial charge is 0.461 e. The Morgan fingerprint density at radius 1 is 0.922 bits per heavy atom. The summed E-state index contributed by atoms with van der Waals surface area (Å²) in [5.41, 5.74) is 8.88. The minimum Gasteiger partial charge on any atom is -0.461 e. The first-order valence-corrected chi connectivity index (χ1v) is 18.8. The molecule has 1 aliphatic carbocycles. The van der Waals surface area contributed by atoms with Crippen molar-refractivity contribution < 1.29 is 9.13 Å². The Balaban J connectivity index is 1.03. The van der Waals surface area contributed by atoms with Crippen molar-refractivity contribution in [1.82, 2.24) is 39.1 Å². The summed E-state index contributed by atoms with van der Waals surface area (Å²) in [6, 6.07) is 19.8. The summed E-state index contributed by atoms with van der Waals surface area (Å²) in [7, 11) is 4.34. The zero-order valence-electron chi connectivity index (χ0n) is 29.7. The lowest BCUT2D eigenvalue weighted by molar-refractivity contribution is 0.0714. The van der Waals surface area contributed by atoms with Crippen molar-refractivity contribution >= 4 is 16.9 Å². The number of hydrogen-bond acceptors (Lipinski definition) is 8. The lowest BCUT2D eigenvalue weighted by Crippen LogP contribution is -2.51. The average molecular weight is 688 g/mol. The van der Waals surface area contributed by atoms with E-state index in [0.29, 0.717) is 32.1 Å². The second-order valence-corrected chi connectivity index (χ2v) is 15.7. The number of aryl methyl sites for hydroxylation is 3. The third-order valence-corrected chi connectivity index (χ3v) is 12.8. The fraction of sp³-hybridized carbons (Fsp3) is 0.500. The van der Waals surface area contributed by atoms with E-state index in [1.54, 1.807) is 0 Å². The molecule has 3 atom stereocenters. The summed E-state index contributed by atoms with van der Waals surface area (Å²) in [4.78, 5) is 22.7. The van der Waals surface area contributed by atoms with Crippen LogP contribution in [0, 0.1) is 0 Å². The van der Waals surface area contributed by atoms with Gasteiger partial charge in [0.25, 0.3) is 0 Å². The molecule has 7 heterocycles. The van der Waals surface area contributed by atoms with Crippen LogP contribution >= 0.6 is 0 Å². The molecule has 3 aromatic heterocycles. The highest BCUT2D eigenvalue weighted by molar-refractivity contribution is 5.79. The van der Waals surface area contributed by atoms with Crippen LogP contribution in [0.15, 0.2) is 54.6 Å². The van der Waals surface area contributed by atoms with Gasteiger partial charge in [-0.2, -0.15) is 15.1 Å². The second-order valence-electron chi connectivity index (χ2n) is 15.7. The van der Waals surface area contributed by atoms with E-state index in [1.165, 1.54) is 16.7 Å². The number of ether oxygens (including phenoxy) is 1. The molecule has 2 saturated heterocycles. The molecule has 2 aromatic carbocycles. The number of hydrogen-bond donors (Lipinski definition) is 0. The molecule has 0 radical (unpaired) electrons. The predicted molar refractivity (Wildman–Crippen MR) is 194 cm³/mol.